The second-order valence-electron chi connectivity index (χ2n) is 6.45. The van der Waals surface area contributed by atoms with Gasteiger partial charge in [0.1, 0.15) is 5.82 Å². The SMILES string of the molecule is CCN(Cc1nc2cc(OC)c(OC)cc2c(=O)[nH]1)C(=O)C1(F)CCNC1.Cl. The quantitative estimate of drug-likeness (QED) is 0.742. The topological polar surface area (TPSA) is 96.6 Å². The molecule has 3 rings (SSSR count). The number of alkyl halides is 1. The van der Waals surface area contributed by atoms with E-state index >= 15 is 0 Å². The lowest BCUT2D eigenvalue weighted by molar-refractivity contribution is -0.143. The number of H-pyrrole nitrogens is 1. The maximum atomic E-state index is 14.8. The average molecular weight is 415 g/mol. The zero-order valence-corrected chi connectivity index (χ0v) is 16.8. The van der Waals surface area contributed by atoms with E-state index in [1.807, 2.05) is 0 Å². The molecule has 8 nitrogen and oxygen atoms in total. The van der Waals surface area contributed by atoms with Gasteiger partial charge in [0, 0.05) is 25.6 Å². The molecule has 1 amide bonds. The van der Waals surface area contributed by atoms with Crippen molar-refractivity contribution in [2.24, 2.45) is 0 Å². The predicted molar refractivity (Wildman–Crippen MR) is 105 cm³/mol. The van der Waals surface area contributed by atoms with Gasteiger partial charge in [-0.15, -0.1) is 12.4 Å². The van der Waals surface area contributed by atoms with E-state index in [1.165, 1.54) is 19.1 Å². The number of aromatic amines is 1. The summed E-state index contributed by atoms with van der Waals surface area (Å²) in [6.45, 7) is 2.54. The normalized spacial score (nSPS) is 18.6. The number of aromatic nitrogens is 2. The Bertz CT molecular complexity index is 914. The van der Waals surface area contributed by atoms with E-state index in [9.17, 15) is 14.0 Å². The second-order valence-corrected chi connectivity index (χ2v) is 6.45. The standard InChI is InChI=1S/C18H23FN4O4.ClH/c1-4-23(17(25)18(19)5-6-20-10-18)9-15-21-12-8-14(27-3)13(26-2)7-11(12)16(24)22-15;/h7-8,20H,4-6,9-10H2,1-3H3,(H,21,22,24);1H. The Morgan fingerprint density at radius 1 is 1.32 bits per heavy atom. The van der Waals surface area contributed by atoms with Crippen molar-refractivity contribution in [3.8, 4) is 11.5 Å². The van der Waals surface area contributed by atoms with Gasteiger partial charge >= 0.3 is 0 Å². The molecule has 2 N–H and O–H groups in total. The Morgan fingerprint density at radius 2 is 2.00 bits per heavy atom. The minimum Gasteiger partial charge on any atom is -0.493 e. The van der Waals surface area contributed by atoms with E-state index in [0.717, 1.165) is 0 Å². The van der Waals surface area contributed by atoms with Crippen LogP contribution < -0.4 is 20.3 Å². The maximum absolute atomic E-state index is 14.8. The van der Waals surface area contributed by atoms with E-state index in [4.69, 9.17) is 9.47 Å². The molecule has 2 heterocycles. The van der Waals surface area contributed by atoms with Crippen LogP contribution >= 0.6 is 12.4 Å². The summed E-state index contributed by atoms with van der Waals surface area (Å²) < 4.78 is 25.2. The van der Waals surface area contributed by atoms with Crippen LogP contribution in [0.15, 0.2) is 16.9 Å². The van der Waals surface area contributed by atoms with Gasteiger partial charge in [-0.25, -0.2) is 9.37 Å². The molecule has 0 radical (unpaired) electrons. The fourth-order valence-corrected chi connectivity index (χ4v) is 3.22. The number of hydrogen-bond donors (Lipinski definition) is 2. The first kappa shape index (κ1) is 21.9. The monoisotopic (exact) mass is 414 g/mol. The molecule has 1 saturated heterocycles. The molecule has 1 aromatic heterocycles. The van der Waals surface area contributed by atoms with Crippen LogP contribution in [0.5, 0.6) is 11.5 Å². The summed E-state index contributed by atoms with van der Waals surface area (Å²) in [5.74, 6) is 0.551. The van der Waals surface area contributed by atoms with E-state index in [0.29, 0.717) is 35.5 Å². The molecular formula is C18H24ClFN4O4. The Kier molecular flexibility index (Phi) is 6.84. The van der Waals surface area contributed by atoms with Gasteiger partial charge in [0.05, 0.1) is 31.7 Å². The summed E-state index contributed by atoms with van der Waals surface area (Å²) in [7, 11) is 2.97. The molecule has 0 bridgehead atoms. The number of amides is 1. The largest absolute Gasteiger partial charge is 0.493 e. The Morgan fingerprint density at radius 3 is 2.57 bits per heavy atom. The lowest BCUT2D eigenvalue weighted by Crippen LogP contribution is -2.47. The van der Waals surface area contributed by atoms with Crippen LogP contribution in [0.1, 0.15) is 19.2 Å². The number of rotatable bonds is 6. The number of carbonyl (C=O) groups is 1. The third kappa shape index (κ3) is 4.05. The van der Waals surface area contributed by atoms with Crippen molar-refractivity contribution < 1.29 is 18.7 Å². The van der Waals surface area contributed by atoms with Crippen LogP contribution in [0.4, 0.5) is 4.39 Å². The molecule has 1 aliphatic rings. The highest BCUT2D eigenvalue weighted by Crippen LogP contribution is 2.30. The summed E-state index contributed by atoms with van der Waals surface area (Å²) in [4.78, 5) is 33.5. The fraction of sp³-hybridized carbons (Fsp3) is 0.500. The third-order valence-electron chi connectivity index (χ3n) is 4.76. The van der Waals surface area contributed by atoms with Crippen molar-refractivity contribution in [3.05, 3.63) is 28.3 Å². The Balaban J connectivity index is 0.00000280. The molecule has 2 aromatic rings. The van der Waals surface area contributed by atoms with Crippen LogP contribution in [-0.4, -0.2) is 60.3 Å². The molecule has 154 valence electrons. The zero-order chi connectivity index (χ0) is 19.6. The molecule has 0 aliphatic carbocycles. The number of ether oxygens (including phenoxy) is 2. The van der Waals surface area contributed by atoms with Crippen LogP contribution in [0.25, 0.3) is 10.9 Å². The fourth-order valence-electron chi connectivity index (χ4n) is 3.22. The highest BCUT2D eigenvalue weighted by molar-refractivity contribution is 5.86. The lowest BCUT2D eigenvalue weighted by Gasteiger charge is -2.27. The van der Waals surface area contributed by atoms with Crippen LogP contribution in [0.3, 0.4) is 0 Å². The van der Waals surface area contributed by atoms with Crippen LogP contribution in [-0.2, 0) is 11.3 Å². The predicted octanol–water partition coefficient (Wildman–Crippen LogP) is 1.41. The number of fused-ring (bicyclic) bond motifs is 1. The van der Waals surface area contributed by atoms with Crippen molar-refractivity contribution in [2.75, 3.05) is 33.9 Å². The first-order chi connectivity index (χ1) is 12.9. The summed E-state index contributed by atoms with van der Waals surface area (Å²) in [5, 5.41) is 3.21. The summed E-state index contributed by atoms with van der Waals surface area (Å²) in [6, 6.07) is 3.15. The van der Waals surface area contributed by atoms with Gasteiger partial charge in [-0.1, -0.05) is 0 Å². The minimum absolute atomic E-state index is 0. The number of nitrogens with zero attached hydrogens (tertiary/aromatic N) is 2. The number of benzene rings is 1. The molecule has 0 saturated carbocycles. The molecule has 0 spiro atoms. The lowest BCUT2D eigenvalue weighted by atomic mass is 10.0. The number of carbonyl (C=O) groups excluding carboxylic acids is 1. The number of hydrogen-bond acceptors (Lipinski definition) is 6. The van der Waals surface area contributed by atoms with Gasteiger partial charge < -0.3 is 24.7 Å². The van der Waals surface area contributed by atoms with Gasteiger partial charge in [-0.05, 0) is 19.5 Å². The molecule has 28 heavy (non-hydrogen) atoms. The summed E-state index contributed by atoms with van der Waals surface area (Å²) >= 11 is 0. The van der Waals surface area contributed by atoms with Crippen molar-refractivity contribution in [3.63, 3.8) is 0 Å². The third-order valence-corrected chi connectivity index (χ3v) is 4.76. The Labute approximate surface area is 167 Å². The molecule has 1 atom stereocenters. The summed E-state index contributed by atoms with van der Waals surface area (Å²) in [5.41, 5.74) is -1.87. The van der Waals surface area contributed by atoms with Crippen molar-refractivity contribution in [1.29, 1.82) is 0 Å². The van der Waals surface area contributed by atoms with Crippen LogP contribution in [0, 0.1) is 0 Å². The first-order valence-electron chi connectivity index (χ1n) is 8.75. The van der Waals surface area contributed by atoms with E-state index in [-0.39, 0.29) is 43.3 Å². The molecular weight excluding hydrogens is 391 g/mol. The Hall–Kier alpha value is -2.39. The van der Waals surface area contributed by atoms with Gasteiger partial charge in [-0.2, -0.15) is 0 Å². The molecule has 1 unspecified atom stereocenters. The highest BCUT2D eigenvalue weighted by Gasteiger charge is 2.43. The van der Waals surface area contributed by atoms with Gasteiger partial charge in [0.2, 0.25) is 5.67 Å². The van der Waals surface area contributed by atoms with Gasteiger partial charge in [0.25, 0.3) is 11.5 Å². The van der Waals surface area contributed by atoms with Crippen molar-refractivity contribution >= 4 is 29.2 Å². The first-order valence-corrected chi connectivity index (χ1v) is 8.75. The van der Waals surface area contributed by atoms with Gasteiger partial charge in [-0.3, -0.25) is 9.59 Å². The van der Waals surface area contributed by atoms with E-state index in [2.05, 4.69) is 15.3 Å². The zero-order valence-electron chi connectivity index (χ0n) is 16.0. The van der Waals surface area contributed by atoms with E-state index < -0.39 is 11.6 Å². The molecule has 1 aliphatic heterocycles. The number of methoxy groups -OCH3 is 2. The number of halogens is 2. The average Bonchev–Trinajstić information content (AvgIpc) is 3.12. The second kappa shape index (κ2) is 8.74. The maximum Gasteiger partial charge on any atom is 0.262 e. The number of nitrogens with one attached hydrogen (secondary N) is 2. The van der Waals surface area contributed by atoms with Crippen molar-refractivity contribution in [1.82, 2.24) is 20.2 Å². The highest BCUT2D eigenvalue weighted by atomic mass is 35.5. The van der Waals surface area contributed by atoms with Crippen LogP contribution in [0.2, 0.25) is 0 Å². The van der Waals surface area contributed by atoms with E-state index in [1.54, 1.807) is 19.1 Å². The molecule has 1 aromatic carbocycles. The smallest absolute Gasteiger partial charge is 0.262 e. The molecule has 10 heteroatoms. The van der Waals surface area contributed by atoms with Gasteiger partial charge in [0.15, 0.2) is 11.5 Å². The minimum atomic E-state index is -1.91. The van der Waals surface area contributed by atoms with Crippen molar-refractivity contribution in [2.45, 2.75) is 25.6 Å². The summed E-state index contributed by atoms with van der Waals surface area (Å²) in [6.07, 6.45) is 0.140. The molecule has 1 fully saturated rings.